The zero-order valence-electron chi connectivity index (χ0n) is 21.2. The van der Waals surface area contributed by atoms with E-state index in [9.17, 15) is 0 Å². The molecule has 7 nitrogen and oxygen atoms in total. The van der Waals surface area contributed by atoms with E-state index < -0.39 is 0 Å². The van der Waals surface area contributed by atoms with Crippen LogP contribution in [0.25, 0.3) is 22.3 Å². The van der Waals surface area contributed by atoms with Crippen LogP contribution in [0.15, 0.2) is 54.6 Å². The SMILES string of the molecule is CC1(C)CNCCC1Nc1nc(-c2ccnc(NC3=CC=CCC3)c2)nc2cncc(C3CCC3)c12. The molecule has 3 N–H and O–H groups in total. The van der Waals surface area contributed by atoms with Crippen molar-refractivity contribution >= 4 is 22.5 Å². The zero-order chi connectivity index (χ0) is 24.5. The summed E-state index contributed by atoms with van der Waals surface area (Å²) in [6, 6.07) is 4.36. The van der Waals surface area contributed by atoms with Crippen molar-refractivity contribution < 1.29 is 0 Å². The average Bonchev–Trinajstić information content (AvgIpc) is 2.85. The van der Waals surface area contributed by atoms with Crippen LogP contribution in [0.3, 0.4) is 0 Å². The molecule has 0 aromatic carbocycles. The van der Waals surface area contributed by atoms with Crippen LogP contribution in [-0.4, -0.2) is 39.1 Å². The van der Waals surface area contributed by atoms with Gasteiger partial charge in [-0.1, -0.05) is 32.4 Å². The predicted molar refractivity (Wildman–Crippen MR) is 146 cm³/mol. The molecule has 0 radical (unpaired) electrons. The fraction of sp³-hybridized carbons (Fsp3) is 0.448. The highest BCUT2D eigenvalue weighted by Crippen LogP contribution is 2.42. The van der Waals surface area contributed by atoms with E-state index in [1.807, 2.05) is 30.7 Å². The summed E-state index contributed by atoms with van der Waals surface area (Å²) >= 11 is 0. The molecule has 6 rings (SSSR count). The van der Waals surface area contributed by atoms with Crippen molar-refractivity contribution in [3.05, 3.63) is 60.2 Å². The molecule has 36 heavy (non-hydrogen) atoms. The van der Waals surface area contributed by atoms with Crippen molar-refractivity contribution in [1.82, 2.24) is 25.3 Å². The maximum Gasteiger partial charge on any atom is 0.162 e. The van der Waals surface area contributed by atoms with Crippen molar-refractivity contribution in [3.8, 4) is 11.4 Å². The van der Waals surface area contributed by atoms with Crippen LogP contribution in [0.2, 0.25) is 0 Å². The van der Waals surface area contributed by atoms with Crippen molar-refractivity contribution in [3.63, 3.8) is 0 Å². The Balaban J connectivity index is 1.42. The van der Waals surface area contributed by atoms with Crippen LogP contribution >= 0.6 is 0 Å². The molecular weight excluding hydrogens is 446 g/mol. The Labute approximate surface area is 213 Å². The van der Waals surface area contributed by atoms with Gasteiger partial charge < -0.3 is 16.0 Å². The van der Waals surface area contributed by atoms with Crippen LogP contribution < -0.4 is 16.0 Å². The lowest BCUT2D eigenvalue weighted by Crippen LogP contribution is -2.49. The molecule has 3 aliphatic rings. The van der Waals surface area contributed by atoms with Gasteiger partial charge in [0.1, 0.15) is 11.6 Å². The average molecular weight is 482 g/mol. The van der Waals surface area contributed by atoms with Crippen molar-refractivity contribution in [1.29, 1.82) is 0 Å². The van der Waals surface area contributed by atoms with Gasteiger partial charge >= 0.3 is 0 Å². The number of nitrogens with one attached hydrogen (secondary N) is 3. The quantitative estimate of drug-likeness (QED) is 0.410. The normalized spacial score (nSPS) is 21.6. The highest BCUT2D eigenvalue weighted by Gasteiger charge is 2.33. The summed E-state index contributed by atoms with van der Waals surface area (Å²) in [4.78, 5) is 19.3. The summed E-state index contributed by atoms with van der Waals surface area (Å²) in [5.74, 6) is 3.00. The van der Waals surface area contributed by atoms with E-state index >= 15 is 0 Å². The standard InChI is InChI=1S/C29H35N7/c1-29(2)18-30-13-12-24(29)35-28-26-22(19-7-6-8-19)16-31-17-23(26)34-27(36-28)20-11-14-32-25(15-20)33-21-9-4-3-5-10-21/h3-4,9,11,14-17,19,24,30H,5-8,10,12-13,18H2,1-2H3,(H,32,33)(H,34,35,36). The largest absolute Gasteiger partial charge is 0.366 e. The lowest BCUT2D eigenvalue weighted by molar-refractivity contribution is 0.236. The number of piperidine rings is 1. The van der Waals surface area contributed by atoms with Gasteiger partial charge in [-0.2, -0.15) is 0 Å². The zero-order valence-corrected chi connectivity index (χ0v) is 21.2. The Morgan fingerprint density at radius 2 is 2.03 bits per heavy atom. The third-order valence-corrected chi connectivity index (χ3v) is 7.95. The van der Waals surface area contributed by atoms with Crippen molar-refractivity contribution in [2.75, 3.05) is 23.7 Å². The number of anilines is 2. The smallest absolute Gasteiger partial charge is 0.162 e. The minimum atomic E-state index is 0.120. The summed E-state index contributed by atoms with van der Waals surface area (Å²) < 4.78 is 0. The summed E-state index contributed by atoms with van der Waals surface area (Å²) in [5, 5.41) is 12.0. The van der Waals surface area contributed by atoms with Gasteiger partial charge in [0.15, 0.2) is 5.82 Å². The maximum absolute atomic E-state index is 5.17. The molecule has 1 saturated carbocycles. The van der Waals surface area contributed by atoms with Gasteiger partial charge in [-0.3, -0.25) is 4.98 Å². The topological polar surface area (TPSA) is 87.7 Å². The third kappa shape index (κ3) is 4.60. The summed E-state index contributed by atoms with van der Waals surface area (Å²) in [5.41, 5.74) is 4.43. The fourth-order valence-corrected chi connectivity index (χ4v) is 5.48. The highest BCUT2D eigenvalue weighted by atomic mass is 15.1. The summed E-state index contributed by atoms with van der Waals surface area (Å²) in [6.07, 6.45) is 18.9. The monoisotopic (exact) mass is 481 g/mol. The molecule has 0 amide bonds. The van der Waals surface area contributed by atoms with Gasteiger partial charge in [-0.15, -0.1) is 0 Å². The number of nitrogens with zero attached hydrogens (tertiary/aromatic N) is 4. The number of hydrogen-bond acceptors (Lipinski definition) is 7. The lowest BCUT2D eigenvalue weighted by atomic mass is 9.78. The minimum Gasteiger partial charge on any atom is -0.366 e. The highest BCUT2D eigenvalue weighted by molar-refractivity contribution is 5.93. The van der Waals surface area contributed by atoms with Gasteiger partial charge in [0.05, 0.1) is 11.7 Å². The van der Waals surface area contributed by atoms with Gasteiger partial charge in [0, 0.05) is 41.6 Å². The van der Waals surface area contributed by atoms with Crippen LogP contribution in [0.4, 0.5) is 11.6 Å². The molecule has 2 aliphatic carbocycles. The Hall–Kier alpha value is -3.32. The van der Waals surface area contributed by atoms with E-state index in [0.29, 0.717) is 17.8 Å². The number of hydrogen-bond donors (Lipinski definition) is 3. The molecule has 1 saturated heterocycles. The molecule has 1 unspecified atom stereocenters. The van der Waals surface area contributed by atoms with E-state index in [0.717, 1.165) is 60.5 Å². The van der Waals surface area contributed by atoms with Crippen LogP contribution in [0.5, 0.6) is 0 Å². The van der Waals surface area contributed by atoms with Gasteiger partial charge in [-0.25, -0.2) is 15.0 Å². The van der Waals surface area contributed by atoms with Crippen LogP contribution in [0.1, 0.15) is 63.9 Å². The number of aromatic nitrogens is 4. The second-order valence-corrected chi connectivity index (χ2v) is 11.0. The number of fused-ring (bicyclic) bond motifs is 1. The first-order valence-electron chi connectivity index (χ1n) is 13.3. The Kier molecular flexibility index (Phi) is 6.17. The maximum atomic E-state index is 5.17. The molecule has 7 heteroatoms. The summed E-state index contributed by atoms with van der Waals surface area (Å²) in [6.45, 7) is 6.65. The molecule has 0 bridgehead atoms. The van der Waals surface area contributed by atoms with E-state index in [4.69, 9.17) is 9.97 Å². The van der Waals surface area contributed by atoms with Gasteiger partial charge in [0.2, 0.25) is 0 Å². The molecule has 186 valence electrons. The third-order valence-electron chi connectivity index (χ3n) is 7.95. The van der Waals surface area contributed by atoms with E-state index in [-0.39, 0.29) is 5.41 Å². The number of allylic oxidation sites excluding steroid dienone is 4. The molecule has 2 fully saturated rings. The molecule has 0 spiro atoms. The van der Waals surface area contributed by atoms with Crippen molar-refractivity contribution in [2.24, 2.45) is 5.41 Å². The first-order valence-corrected chi connectivity index (χ1v) is 13.3. The molecule has 4 heterocycles. The Bertz CT molecular complexity index is 1320. The van der Waals surface area contributed by atoms with Crippen LogP contribution in [-0.2, 0) is 0 Å². The number of pyridine rings is 2. The second kappa shape index (κ2) is 9.62. The molecule has 3 aromatic rings. The van der Waals surface area contributed by atoms with Crippen molar-refractivity contribution in [2.45, 2.75) is 64.3 Å². The first-order chi connectivity index (χ1) is 17.6. The molecule has 3 aromatic heterocycles. The second-order valence-electron chi connectivity index (χ2n) is 11.0. The van der Waals surface area contributed by atoms with Crippen LogP contribution in [0, 0.1) is 5.41 Å². The van der Waals surface area contributed by atoms with E-state index in [1.165, 1.54) is 30.5 Å². The molecule has 1 atom stereocenters. The number of rotatable bonds is 6. The molecular formula is C29H35N7. The Morgan fingerprint density at radius 3 is 2.81 bits per heavy atom. The minimum absolute atomic E-state index is 0.120. The summed E-state index contributed by atoms with van der Waals surface area (Å²) in [7, 11) is 0. The van der Waals surface area contributed by atoms with E-state index in [1.54, 1.807) is 0 Å². The fourth-order valence-electron chi connectivity index (χ4n) is 5.48. The lowest BCUT2D eigenvalue weighted by Gasteiger charge is -2.40. The predicted octanol–water partition coefficient (Wildman–Crippen LogP) is 5.80. The van der Waals surface area contributed by atoms with Gasteiger partial charge in [0.25, 0.3) is 0 Å². The molecule has 1 aliphatic heterocycles. The van der Waals surface area contributed by atoms with E-state index in [2.05, 4.69) is 58.0 Å². The first kappa shape index (κ1) is 23.1. The Morgan fingerprint density at radius 1 is 1.11 bits per heavy atom. The van der Waals surface area contributed by atoms with Gasteiger partial charge in [-0.05, 0) is 73.8 Å².